The molecule has 0 aromatic heterocycles. The number of likely N-dealkylation sites (N-methyl/N-ethyl adjacent to an activating group) is 1. The van der Waals surface area contributed by atoms with Gasteiger partial charge in [-0.15, -0.1) is 0 Å². The first kappa shape index (κ1) is 12.8. The number of carboxylic acid groups (broad SMARTS) is 1. The molecule has 1 N–H and O–H groups in total. The molecule has 98 valence electrons. The summed E-state index contributed by atoms with van der Waals surface area (Å²) in [4.78, 5) is 15.5. The molecule has 0 aliphatic heterocycles. The summed E-state index contributed by atoms with van der Waals surface area (Å²) in [5, 5.41) is 9.06. The van der Waals surface area contributed by atoms with Crippen LogP contribution in [0, 0.1) is 0 Å². The second kappa shape index (κ2) is 5.36. The Morgan fingerprint density at radius 2 is 1.71 bits per heavy atom. The van der Waals surface area contributed by atoms with Gasteiger partial charge < -0.3 is 10.0 Å². The lowest BCUT2D eigenvalue weighted by Crippen LogP contribution is -2.53. The van der Waals surface area contributed by atoms with E-state index in [4.69, 9.17) is 5.11 Å². The van der Waals surface area contributed by atoms with Crippen LogP contribution in [0.4, 0.5) is 0 Å². The zero-order valence-corrected chi connectivity index (χ0v) is 10.9. The Balaban J connectivity index is 2.06. The highest BCUT2D eigenvalue weighted by atomic mass is 16.4. The van der Waals surface area contributed by atoms with E-state index in [-0.39, 0.29) is 6.54 Å². The topological polar surface area (TPSA) is 43.8 Å². The third-order valence-corrected chi connectivity index (χ3v) is 4.12. The van der Waals surface area contributed by atoms with Crippen LogP contribution in [0.2, 0.25) is 0 Å². The predicted octanol–water partition coefficient (Wildman–Crippen LogP) is 1.41. The van der Waals surface area contributed by atoms with Crippen LogP contribution in [0.3, 0.4) is 0 Å². The molecule has 2 atom stereocenters. The first-order chi connectivity index (χ1) is 8.09. The van der Waals surface area contributed by atoms with E-state index in [0.29, 0.717) is 18.1 Å². The summed E-state index contributed by atoms with van der Waals surface area (Å²) in [5.41, 5.74) is 0. The van der Waals surface area contributed by atoms with Crippen LogP contribution < -0.4 is 0 Å². The third-order valence-electron chi connectivity index (χ3n) is 4.12. The van der Waals surface area contributed by atoms with E-state index in [1.807, 2.05) is 0 Å². The molecule has 0 spiro atoms. The van der Waals surface area contributed by atoms with E-state index in [2.05, 4.69) is 23.9 Å². The first-order valence-electron chi connectivity index (χ1n) is 6.73. The first-order valence-corrected chi connectivity index (χ1v) is 6.73. The zero-order chi connectivity index (χ0) is 12.4. The number of hydrogen-bond acceptors (Lipinski definition) is 3. The Hall–Kier alpha value is -0.610. The predicted molar refractivity (Wildman–Crippen MR) is 67.1 cm³/mol. The average Bonchev–Trinajstić information content (AvgIpc) is 3.09. The van der Waals surface area contributed by atoms with Crippen LogP contribution in [0.5, 0.6) is 0 Å². The van der Waals surface area contributed by atoms with Gasteiger partial charge >= 0.3 is 5.97 Å². The van der Waals surface area contributed by atoms with Crippen LogP contribution in [-0.2, 0) is 4.79 Å². The number of rotatable bonds is 5. The van der Waals surface area contributed by atoms with Crippen molar-refractivity contribution in [1.29, 1.82) is 0 Å². The molecule has 2 saturated carbocycles. The monoisotopic (exact) mass is 240 g/mol. The Bertz CT molecular complexity index is 277. The smallest absolute Gasteiger partial charge is 0.317 e. The Morgan fingerprint density at radius 3 is 2.18 bits per heavy atom. The van der Waals surface area contributed by atoms with Crippen LogP contribution in [-0.4, -0.2) is 59.6 Å². The normalized spacial score (nSPS) is 29.9. The molecule has 0 radical (unpaired) electrons. The fourth-order valence-electron chi connectivity index (χ4n) is 3.16. The van der Waals surface area contributed by atoms with E-state index >= 15 is 0 Å². The van der Waals surface area contributed by atoms with Crippen molar-refractivity contribution >= 4 is 5.97 Å². The molecule has 0 aromatic carbocycles. The maximum atomic E-state index is 11.0. The molecule has 0 bridgehead atoms. The van der Waals surface area contributed by atoms with Crippen LogP contribution in [0.1, 0.15) is 38.5 Å². The van der Waals surface area contributed by atoms with Crippen LogP contribution in [0.15, 0.2) is 0 Å². The van der Waals surface area contributed by atoms with Crippen LogP contribution in [0.25, 0.3) is 0 Å². The fourth-order valence-corrected chi connectivity index (χ4v) is 3.16. The van der Waals surface area contributed by atoms with Gasteiger partial charge in [0.05, 0.1) is 6.54 Å². The molecule has 2 fully saturated rings. The molecule has 0 aromatic rings. The lowest BCUT2D eigenvalue weighted by molar-refractivity contribution is -0.139. The molecule has 0 unspecified atom stereocenters. The summed E-state index contributed by atoms with van der Waals surface area (Å²) in [5.74, 6) is -0.681. The molecule has 4 heteroatoms. The molecule has 2 aliphatic rings. The van der Waals surface area contributed by atoms with Gasteiger partial charge in [0.1, 0.15) is 0 Å². The van der Waals surface area contributed by atoms with Crippen molar-refractivity contribution in [3.8, 4) is 0 Å². The summed E-state index contributed by atoms with van der Waals surface area (Å²) in [7, 11) is 4.24. The van der Waals surface area contributed by atoms with Crippen molar-refractivity contribution < 1.29 is 9.90 Å². The third kappa shape index (κ3) is 3.19. The van der Waals surface area contributed by atoms with Gasteiger partial charge in [-0.1, -0.05) is 12.8 Å². The summed E-state index contributed by atoms with van der Waals surface area (Å²) in [6, 6.07) is 1.52. The molecule has 0 saturated heterocycles. The maximum absolute atomic E-state index is 11.0. The number of carboxylic acids is 1. The standard InChI is InChI=1S/C13H24N2O2/c1-14(2)11-5-3-4-6-12(11)15(9-13(16)17)10-7-8-10/h10-12H,3-9H2,1-2H3,(H,16,17)/t11-,12-/m0/s1. The molecule has 4 nitrogen and oxygen atoms in total. The zero-order valence-electron chi connectivity index (χ0n) is 10.9. The van der Waals surface area contributed by atoms with Gasteiger partial charge in [-0.05, 0) is 39.8 Å². The highest BCUT2D eigenvalue weighted by Gasteiger charge is 2.39. The summed E-state index contributed by atoms with van der Waals surface area (Å²) < 4.78 is 0. The molecule has 0 amide bonds. The minimum absolute atomic E-state index is 0.222. The van der Waals surface area contributed by atoms with E-state index in [9.17, 15) is 4.79 Å². The Morgan fingerprint density at radius 1 is 1.12 bits per heavy atom. The average molecular weight is 240 g/mol. The molecular formula is C13H24N2O2. The van der Waals surface area contributed by atoms with Gasteiger partial charge in [0.2, 0.25) is 0 Å². The second-order valence-electron chi connectivity index (χ2n) is 5.68. The molecule has 2 aliphatic carbocycles. The van der Waals surface area contributed by atoms with Crippen molar-refractivity contribution in [2.75, 3.05) is 20.6 Å². The number of nitrogens with zero attached hydrogens (tertiary/aromatic N) is 2. The van der Waals surface area contributed by atoms with E-state index in [0.717, 1.165) is 6.42 Å². The van der Waals surface area contributed by atoms with Gasteiger partial charge in [0.15, 0.2) is 0 Å². The lowest BCUT2D eigenvalue weighted by Gasteiger charge is -2.42. The van der Waals surface area contributed by atoms with Crippen LogP contribution >= 0.6 is 0 Å². The van der Waals surface area contributed by atoms with E-state index in [1.54, 1.807) is 0 Å². The summed E-state index contributed by atoms with van der Waals surface area (Å²) in [6.07, 6.45) is 7.27. The molecule has 17 heavy (non-hydrogen) atoms. The highest BCUT2D eigenvalue weighted by molar-refractivity contribution is 5.69. The lowest BCUT2D eigenvalue weighted by atomic mass is 9.88. The van der Waals surface area contributed by atoms with E-state index in [1.165, 1.54) is 32.1 Å². The fraction of sp³-hybridized carbons (Fsp3) is 0.923. The van der Waals surface area contributed by atoms with Gasteiger partial charge in [-0.2, -0.15) is 0 Å². The number of hydrogen-bond donors (Lipinski definition) is 1. The largest absolute Gasteiger partial charge is 0.480 e. The van der Waals surface area contributed by atoms with Gasteiger partial charge in [-0.25, -0.2) is 0 Å². The van der Waals surface area contributed by atoms with Crippen molar-refractivity contribution in [3.05, 3.63) is 0 Å². The van der Waals surface area contributed by atoms with Crippen molar-refractivity contribution in [2.45, 2.75) is 56.7 Å². The SMILES string of the molecule is CN(C)[C@H]1CCCC[C@@H]1N(CC(=O)O)C1CC1. The number of aliphatic carboxylic acids is 1. The van der Waals surface area contributed by atoms with Crippen molar-refractivity contribution in [3.63, 3.8) is 0 Å². The minimum atomic E-state index is -0.681. The van der Waals surface area contributed by atoms with Crippen molar-refractivity contribution in [1.82, 2.24) is 9.80 Å². The highest BCUT2D eigenvalue weighted by Crippen LogP contribution is 2.34. The minimum Gasteiger partial charge on any atom is -0.480 e. The molecular weight excluding hydrogens is 216 g/mol. The summed E-state index contributed by atoms with van der Waals surface area (Å²) in [6.45, 7) is 0.222. The molecule has 0 heterocycles. The second-order valence-corrected chi connectivity index (χ2v) is 5.68. The van der Waals surface area contributed by atoms with E-state index < -0.39 is 5.97 Å². The Kier molecular flexibility index (Phi) is 4.05. The Labute approximate surface area is 104 Å². The van der Waals surface area contributed by atoms with Crippen molar-refractivity contribution in [2.24, 2.45) is 0 Å². The van der Waals surface area contributed by atoms with Gasteiger partial charge in [-0.3, -0.25) is 9.69 Å². The quantitative estimate of drug-likeness (QED) is 0.789. The van der Waals surface area contributed by atoms with Gasteiger partial charge in [0.25, 0.3) is 0 Å². The number of carbonyl (C=O) groups is 1. The summed E-state index contributed by atoms with van der Waals surface area (Å²) >= 11 is 0. The maximum Gasteiger partial charge on any atom is 0.317 e. The molecule has 2 rings (SSSR count). The van der Waals surface area contributed by atoms with Gasteiger partial charge in [0, 0.05) is 18.1 Å².